The molecule has 1 aromatic rings. The number of alkyl halides is 3. The van der Waals surface area contributed by atoms with Crippen molar-refractivity contribution in [3.8, 4) is 0 Å². The molecule has 3 heterocycles. The Bertz CT molecular complexity index is 534. The van der Waals surface area contributed by atoms with Crippen molar-refractivity contribution in [2.75, 3.05) is 26.7 Å². The lowest BCUT2D eigenvalue weighted by atomic mass is 9.93. The maximum absolute atomic E-state index is 13.2. The molecule has 1 aromatic heterocycles. The third-order valence-corrected chi connectivity index (χ3v) is 5.39. The Balaban J connectivity index is 1.80. The zero-order valence-electron chi connectivity index (χ0n) is 12.2. The van der Waals surface area contributed by atoms with Gasteiger partial charge in [0.05, 0.1) is 17.9 Å². The van der Waals surface area contributed by atoms with Crippen LogP contribution in [0.15, 0.2) is 11.6 Å². The zero-order chi connectivity index (χ0) is 15.9. The summed E-state index contributed by atoms with van der Waals surface area (Å²) in [5, 5.41) is 2.65. The fourth-order valence-electron chi connectivity index (χ4n) is 3.48. The number of halogens is 3. The monoisotopic (exact) mass is 333 g/mol. The van der Waals surface area contributed by atoms with Gasteiger partial charge >= 0.3 is 6.18 Å². The first kappa shape index (κ1) is 15.7. The first-order valence-electron chi connectivity index (χ1n) is 7.33. The van der Waals surface area contributed by atoms with E-state index in [0.29, 0.717) is 6.54 Å². The summed E-state index contributed by atoms with van der Waals surface area (Å²) in [5.74, 6) is -2.93. The number of carbonyl (C=O) groups is 1. The molecule has 2 fully saturated rings. The molecule has 3 rings (SSSR count). The van der Waals surface area contributed by atoms with Crippen LogP contribution in [0.25, 0.3) is 0 Å². The van der Waals surface area contributed by atoms with Gasteiger partial charge in [0, 0.05) is 31.2 Å². The van der Waals surface area contributed by atoms with Gasteiger partial charge in [0.25, 0.3) is 0 Å². The fraction of sp³-hybridized carbons (Fsp3) is 0.714. The Labute approximate surface area is 130 Å². The van der Waals surface area contributed by atoms with E-state index in [-0.39, 0.29) is 25.0 Å². The molecule has 0 bridgehead atoms. The highest BCUT2D eigenvalue weighted by atomic mass is 32.1. The molecule has 0 spiro atoms. The first-order valence-corrected chi connectivity index (χ1v) is 8.21. The molecule has 8 heteroatoms. The molecule has 2 saturated heterocycles. The van der Waals surface area contributed by atoms with Crippen molar-refractivity contribution in [1.82, 2.24) is 14.8 Å². The summed E-state index contributed by atoms with van der Waals surface area (Å²) in [7, 11) is 1.63. The normalized spacial score (nSPS) is 30.2. The molecule has 2 aliphatic rings. The Morgan fingerprint density at radius 3 is 2.82 bits per heavy atom. The SMILES string of the molecule is CN1CC(C(=O)N2CCCC2c2nccs2)C(C(F)(F)F)C1. The molecule has 3 atom stereocenters. The number of hydrogen-bond acceptors (Lipinski definition) is 4. The summed E-state index contributed by atoms with van der Waals surface area (Å²) in [6, 6.07) is -0.160. The van der Waals surface area contributed by atoms with Crippen LogP contribution < -0.4 is 0 Å². The molecule has 2 aliphatic heterocycles. The van der Waals surface area contributed by atoms with Crippen molar-refractivity contribution in [3.63, 3.8) is 0 Å². The molecule has 1 amide bonds. The van der Waals surface area contributed by atoms with Gasteiger partial charge in [0.1, 0.15) is 5.01 Å². The van der Waals surface area contributed by atoms with Gasteiger partial charge in [-0.1, -0.05) is 0 Å². The van der Waals surface area contributed by atoms with E-state index in [2.05, 4.69) is 4.98 Å². The third-order valence-electron chi connectivity index (χ3n) is 4.51. The highest BCUT2D eigenvalue weighted by Gasteiger charge is 2.53. The van der Waals surface area contributed by atoms with Crippen LogP contribution >= 0.6 is 11.3 Å². The van der Waals surface area contributed by atoms with Crippen molar-refractivity contribution in [1.29, 1.82) is 0 Å². The average Bonchev–Trinajstić information content (AvgIpc) is 3.16. The summed E-state index contributed by atoms with van der Waals surface area (Å²) >= 11 is 1.45. The van der Waals surface area contributed by atoms with Crippen LogP contribution in [-0.2, 0) is 4.79 Å². The van der Waals surface area contributed by atoms with Crippen molar-refractivity contribution >= 4 is 17.2 Å². The molecule has 4 nitrogen and oxygen atoms in total. The maximum Gasteiger partial charge on any atom is 0.393 e. The predicted octanol–water partition coefficient (Wildman–Crippen LogP) is 2.55. The van der Waals surface area contributed by atoms with Crippen LogP contribution in [0.4, 0.5) is 13.2 Å². The van der Waals surface area contributed by atoms with Crippen molar-refractivity contribution < 1.29 is 18.0 Å². The highest BCUT2D eigenvalue weighted by molar-refractivity contribution is 7.09. The van der Waals surface area contributed by atoms with Gasteiger partial charge in [-0.05, 0) is 19.9 Å². The van der Waals surface area contributed by atoms with Gasteiger partial charge in [0.2, 0.25) is 5.91 Å². The summed E-state index contributed by atoms with van der Waals surface area (Å²) in [5.41, 5.74) is 0. The number of nitrogens with zero attached hydrogens (tertiary/aromatic N) is 3. The van der Waals surface area contributed by atoms with E-state index in [0.717, 1.165) is 17.8 Å². The van der Waals surface area contributed by atoms with Crippen molar-refractivity contribution in [3.05, 3.63) is 16.6 Å². The maximum atomic E-state index is 13.2. The van der Waals surface area contributed by atoms with Crippen LogP contribution in [0.5, 0.6) is 0 Å². The summed E-state index contributed by atoms with van der Waals surface area (Å²) in [4.78, 5) is 20.2. The number of rotatable bonds is 2. The molecule has 0 N–H and O–H groups in total. The molecular weight excluding hydrogens is 315 g/mol. The van der Waals surface area contributed by atoms with E-state index < -0.39 is 18.0 Å². The number of aromatic nitrogens is 1. The second kappa shape index (κ2) is 5.81. The van der Waals surface area contributed by atoms with Gasteiger partial charge in [-0.3, -0.25) is 4.79 Å². The second-order valence-corrected chi connectivity index (χ2v) is 6.96. The Kier molecular flexibility index (Phi) is 4.15. The van der Waals surface area contributed by atoms with E-state index in [1.807, 2.05) is 5.38 Å². The molecule has 0 saturated carbocycles. The topological polar surface area (TPSA) is 36.4 Å². The summed E-state index contributed by atoms with van der Waals surface area (Å²) in [6.07, 6.45) is -1.07. The quantitative estimate of drug-likeness (QED) is 0.835. The molecule has 0 aliphatic carbocycles. The molecular formula is C14H18F3N3OS. The molecule has 122 valence electrons. The number of amides is 1. The van der Waals surface area contributed by atoms with Crippen LogP contribution in [0, 0.1) is 11.8 Å². The second-order valence-electron chi connectivity index (χ2n) is 6.04. The van der Waals surface area contributed by atoms with Crippen LogP contribution in [0.3, 0.4) is 0 Å². The number of thiazole rings is 1. The lowest BCUT2D eigenvalue weighted by Gasteiger charge is -2.29. The Morgan fingerprint density at radius 1 is 1.41 bits per heavy atom. The minimum Gasteiger partial charge on any atom is -0.333 e. The minimum atomic E-state index is -4.33. The van der Waals surface area contributed by atoms with Gasteiger partial charge < -0.3 is 9.80 Å². The van der Waals surface area contributed by atoms with E-state index in [1.165, 1.54) is 11.3 Å². The fourth-order valence-corrected chi connectivity index (χ4v) is 4.27. The number of hydrogen-bond donors (Lipinski definition) is 0. The standard InChI is InChI=1S/C14H18F3N3OS/c1-19-7-9(10(8-19)14(15,16)17)13(21)20-5-2-3-11(20)12-18-4-6-22-12/h4,6,9-11H,2-3,5,7-8H2,1H3. The van der Waals surface area contributed by atoms with Crippen LogP contribution in [0.2, 0.25) is 0 Å². The van der Waals surface area contributed by atoms with Gasteiger partial charge in [-0.15, -0.1) is 11.3 Å². The van der Waals surface area contributed by atoms with E-state index in [9.17, 15) is 18.0 Å². The third kappa shape index (κ3) is 2.86. The van der Waals surface area contributed by atoms with Crippen LogP contribution in [0.1, 0.15) is 23.9 Å². The first-order chi connectivity index (χ1) is 10.4. The predicted molar refractivity (Wildman–Crippen MR) is 76.3 cm³/mol. The molecule has 3 unspecified atom stereocenters. The molecule has 22 heavy (non-hydrogen) atoms. The summed E-state index contributed by atoms with van der Waals surface area (Å²) in [6.45, 7) is 0.591. The van der Waals surface area contributed by atoms with E-state index >= 15 is 0 Å². The van der Waals surface area contributed by atoms with Crippen molar-refractivity contribution in [2.24, 2.45) is 11.8 Å². The highest BCUT2D eigenvalue weighted by Crippen LogP contribution is 2.41. The lowest BCUT2D eigenvalue weighted by Crippen LogP contribution is -2.42. The van der Waals surface area contributed by atoms with Crippen molar-refractivity contribution in [2.45, 2.75) is 25.1 Å². The number of likely N-dealkylation sites (tertiary alicyclic amines) is 2. The number of carbonyl (C=O) groups excluding carboxylic acids is 1. The Hall–Kier alpha value is -1.15. The van der Waals surface area contributed by atoms with E-state index in [1.54, 1.807) is 23.0 Å². The van der Waals surface area contributed by atoms with Crippen LogP contribution in [-0.4, -0.2) is 53.5 Å². The van der Waals surface area contributed by atoms with E-state index in [4.69, 9.17) is 0 Å². The van der Waals surface area contributed by atoms with Gasteiger partial charge in [-0.2, -0.15) is 13.2 Å². The largest absolute Gasteiger partial charge is 0.393 e. The average molecular weight is 333 g/mol. The smallest absolute Gasteiger partial charge is 0.333 e. The van der Waals surface area contributed by atoms with Gasteiger partial charge in [0.15, 0.2) is 0 Å². The van der Waals surface area contributed by atoms with Gasteiger partial charge in [-0.25, -0.2) is 4.98 Å². The zero-order valence-corrected chi connectivity index (χ0v) is 13.0. The molecule has 0 aromatic carbocycles. The lowest BCUT2D eigenvalue weighted by molar-refractivity contribution is -0.186. The summed E-state index contributed by atoms with van der Waals surface area (Å²) < 4.78 is 39.6. The molecule has 0 radical (unpaired) electrons. The Morgan fingerprint density at radius 2 is 2.18 bits per heavy atom. The minimum absolute atomic E-state index is 0.102.